The van der Waals surface area contributed by atoms with E-state index < -0.39 is 0 Å². The Kier molecular flexibility index (Phi) is 2.10. The van der Waals surface area contributed by atoms with Crippen molar-refractivity contribution in [2.24, 2.45) is 0 Å². The Bertz CT molecular complexity index is 174. The van der Waals surface area contributed by atoms with Gasteiger partial charge in [0.2, 0.25) is 0 Å². The molecule has 0 aromatic rings. The van der Waals surface area contributed by atoms with E-state index in [-0.39, 0.29) is 5.54 Å². The minimum absolute atomic E-state index is 0.0840. The lowest BCUT2D eigenvalue weighted by atomic mass is 9.94. The maximum Gasteiger partial charge on any atom is 0.0716 e. The molecule has 2 rings (SSSR count). The van der Waals surface area contributed by atoms with Crippen molar-refractivity contribution in [3.63, 3.8) is 0 Å². The molecule has 0 aliphatic carbocycles. The molecular formula is C9H17NO2. The molecule has 2 heterocycles. The second kappa shape index (κ2) is 2.98. The average Bonchev–Trinajstić information content (AvgIpc) is 2.58. The van der Waals surface area contributed by atoms with E-state index in [1.807, 2.05) is 0 Å². The summed E-state index contributed by atoms with van der Waals surface area (Å²) in [5.74, 6) is 0. The lowest BCUT2D eigenvalue weighted by molar-refractivity contribution is 0.0944. The van der Waals surface area contributed by atoms with Crippen molar-refractivity contribution in [1.29, 1.82) is 0 Å². The second-order valence-electron chi connectivity index (χ2n) is 3.99. The molecule has 0 saturated carbocycles. The largest absolute Gasteiger partial charge is 0.394 e. The molecule has 3 heteroatoms. The summed E-state index contributed by atoms with van der Waals surface area (Å²) < 4.78 is 5.32. The van der Waals surface area contributed by atoms with Gasteiger partial charge in [-0.1, -0.05) is 0 Å². The second-order valence-corrected chi connectivity index (χ2v) is 3.99. The van der Waals surface area contributed by atoms with Gasteiger partial charge >= 0.3 is 0 Å². The first-order valence-electron chi connectivity index (χ1n) is 4.69. The third-order valence-corrected chi connectivity index (χ3v) is 3.40. The summed E-state index contributed by atoms with van der Waals surface area (Å²) in [5.41, 5.74) is 0.0840. The van der Waals surface area contributed by atoms with E-state index in [1.54, 1.807) is 7.11 Å². The Morgan fingerprint density at radius 2 is 2.50 bits per heavy atom. The van der Waals surface area contributed by atoms with Crippen LogP contribution < -0.4 is 0 Å². The maximum atomic E-state index is 9.34. The number of nitrogens with zero attached hydrogens (tertiary/aromatic N) is 1. The van der Waals surface area contributed by atoms with Crippen LogP contribution in [0.25, 0.3) is 0 Å². The SMILES string of the molecule is COC1CN2CCC[C@@]2(CO)C1. The Labute approximate surface area is 73.3 Å². The molecule has 2 aliphatic heterocycles. The highest BCUT2D eigenvalue weighted by molar-refractivity contribution is 5.03. The molecule has 12 heavy (non-hydrogen) atoms. The van der Waals surface area contributed by atoms with Crippen LogP contribution in [0.4, 0.5) is 0 Å². The zero-order valence-corrected chi connectivity index (χ0v) is 7.62. The summed E-state index contributed by atoms with van der Waals surface area (Å²) in [6.07, 6.45) is 3.73. The smallest absolute Gasteiger partial charge is 0.0716 e. The molecule has 2 saturated heterocycles. The lowest BCUT2D eigenvalue weighted by Crippen LogP contribution is -2.41. The average molecular weight is 171 g/mol. The third kappa shape index (κ3) is 1.08. The van der Waals surface area contributed by atoms with E-state index in [0.717, 1.165) is 25.9 Å². The fourth-order valence-electron chi connectivity index (χ4n) is 2.65. The zero-order valence-electron chi connectivity index (χ0n) is 7.62. The number of rotatable bonds is 2. The van der Waals surface area contributed by atoms with E-state index in [0.29, 0.717) is 12.7 Å². The standard InChI is InChI=1S/C9H17NO2/c1-12-8-5-9(7-11)3-2-4-10(9)6-8/h8,11H,2-7H2,1H3/t8?,9-/m0/s1. The van der Waals surface area contributed by atoms with Crippen LogP contribution in [-0.2, 0) is 4.74 Å². The number of ether oxygens (including phenoxy) is 1. The highest BCUT2D eigenvalue weighted by Gasteiger charge is 2.47. The summed E-state index contributed by atoms with van der Waals surface area (Å²) in [5, 5.41) is 9.34. The van der Waals surface area contributed by atoms with Crippen LogP contribution >= 0.6 is 0 Å². The Morgan fingerprint density at radius 1 is 1.67 bits per heavy atom. The predicted molar refractivity (Wildman–Crippen MR) is 46.0 cm³/mol. The van der Waals surface area contributed by atoms with Crippen LogP contribution in [0.15, 0.2) is 0 Å². The molecule has 0 aromatic heterocycles. The molecule has 0 aromatic carbocycles. The van der Waals surface area contributed by atoms with Crippen molar-refractivity contribution in [3.05, 3.63) is 0 Å². The molecule has 70 valence electrons. The van der Waals surface area contributed by atoms with E-state index in [9.17, 15) is 5.11 Å². The van der Waals surface area contributed by atoms with Crippen LogP contribution in [0.2, 0.25) is 0 Å². The summed E-state index contributed by atoms with van der Waals surface area (Å²) in [7, 11) is 1.76. The van der Waals surface area contributed by atoms with Crippen LogP contribution in [0, 0.1) is 0 Å². The Hall–Kier alpha value is -0.120. The summed E-state index contributed by atoms with van der Waals surface area (Å²) in [6, 6.07) is 0. The van der Waals surface area contributed by atoms with Crippen LogP contribution in [0.3, 0.4) is 0 Å². The molecular weight excluding hydrogens is 154 g/mol. The van der Waals surface area contributed by atoms with Crippen molar-refractivity contribution < 1.29 is 9.84 Å². The van der Waals surface area contributed by atoms with E-state index >= 15 is 0 Å². The summed E-state index contributed by atoms with van der Waals surface area (Å²) in [4.78, 5) is 2.39. The van der Waals surface area contributed by atoms with Gasteiger partial charge in [0.15, 0.2) is 0 Å². The molecule has 3 nitrogen and oxygen atoms in total. The number of hydrogen-bond donors (Lipinski definition) is 1. The number of hydrogen-bond acceptors (Lipinski definition) is 3. The molecule has 0 amide bonds. The van der Waals surface area contributed by atoms with Gasteiger partial charge in [0.05, 0.1) is 12.7 Å². The van der Waals surface area contributed by atoms with Crippen molar-refractivity contribution in [2.75, 3.05) is 26.8 Å². The van der Waals surface area contributed by atoms with Crippen molar-refractivity contribution in [2.45, 2.75) is 30.9 Å². The normalized spacial score (nSPS) is 42.0. The van der Waals surface area contributed by atoms with Crippen LogP contribution in [-0.4, -0.2) is 48.5 Å². The van der Waals surface area contributed by atoms with Gasteiger partial charge in [-0.15, -0.1) is 0 Å². The van der Waals surface area contributed by atoms with Gasteiger partial charge < -0.3 is 9.84 Å². The monoisotopic (exact) mass is 171 g/mol. The summed E-state index contributed by atoms with van der Waals surface area (Å²) in [6.45, 7) is 2.45. The molecule has 2 aliphatic rings. The number of methoxy groups -OCH3 is 1. The van der Waals surface area contributed by atoms with E-state index in [1.165, 1.54) is 6.42 Å². The van der Waals surface area contributed by atoms with E-state index in [2.05, 4.69) is 4.90 Å². The number of aliphatic hydroxyl groups excluding tert-OH is 1. The first-order valence-corrected chi connectivity index (χ1v) is 4.69. The molecule has 0 spiro atoms. The first kappa shape index (κ1) is 8.48. The van der Waals surface area contributed by atoms with Gasteiger partial charge in [-0.05, 0) is 25.8 Å². The minimum atomic E-state index is 0.0840. The van der Waals surface area contributed by atoms with Gasteiger partial charge in [0.1, 0.15) is 0 Å². The van der Waals surface area contributed by atoms with Gasteiger partial charge in [-0.3, -0.25) is 4.90 Å². The van der Waals surface area contributed by atoms with Crippen molar-refractivity contribution in [3.8, 4) is 0 Å². The molecule has 2 atom stereocenters. The maximum absolute atomic E-state index is 9.34. The summed E-state index contributed by atoms with van der Waals surface area (Å²) >= 11 is 0. The fourth-order valence-corrected chi connectivity index (χ4v) is 2.65. The quantitative estimate of drug-likeness (QED) is 0.645. The first-order chi connectivity index (χ1) is 5.80. The van der Waals surface area contributed by atoms with E-state index in [4.69, 9.17) is 4.74 Å². The predicted octanol–water partition coefficient (Wildman–Crippen LogP) is 0.232. The lowest BCUT2D eigenvalue weighted by Gasteiger charge is -2.28. The van der Waals surface area contributed by atoms with Gasteiger partial charge in [0.25, 0.3) is 0 Å². The van der Waals surface area contributed by atoms with Gasteiger partial charge in [0, 0.05) is 19.2 Å². The van der Waals surface area contributed by atoms with Crippen LogP contribution in [0.5, 0.6) is 0 Å². The third-order valence-electron chi connectivity index (χ3n) is 3.40. The fraction of sp³-hybridized carbons (Fsp3) is 1.00. The topological polar surface area (TPSA) is 32.7 Å². The molecule has 1 N–H and O–H groups in total. The minimum Gasteiger partial charge on any atom is -0.394 e. The zero-order chi connectivity index (χ0) is 8.60. The van der Waals surface area contributed by atoms with Crippen molar-refractivity contribution in [1.82, 2.24) is 4.90 Å². The number of aliphatic hydroxyl groups is 1. The molecule has 1 unspecified atom stereocenters. The van der Waals surface area contributed by atoms with Crippen LogP contribution in [0.1, 0.15) is 19.3 Å². The molecule has 0 radical (unpaired) electrons. The molecule has 0 bridgehead atoms. The molecule has 2 fully saturated rings. The van der Waals surface area contributed by atoms with Gasteiger partial charge in [-0.2, -0.15) is 0 Å². The highest BCUT2D eigenvalue weighted by Crippen LogP contribution is 2.39. The highest BCUT2D eigenvalue weighted by atomic mass is 16.5. The Balaban J connectivity index is 2.09. The van der Waals surface area contributed by atoms with Crippen molar-refractivity contribution >= 4 is 0 Å². The van der Waals surface area contributed by atoms with Gasteiger partial charge in [-0.25, -0.2) is 0 Å². The Morgan fingerprint density at radius 3 is 3.08 bits per heavy atom. The number of fused-ring (bicyclic) bond motifs is 1.